The minimum absolute atomic E-state index is 0.244. The zero-order chi connectivity index (χ0) is 18.4. The van der Waals surface area contributed by atoms with Crippen molar-refractivity contribution in [1.29, 1.82) is 0 Å². The molecule has 0 bridgehead atoms. The highest BCUT2D eigenvalue weighted by atomic mass is 35.5. The molecule has 0 radical (unpaired) electrons. The van der Waals surface area contributed by atoms with Crippen molar-refractivity contribution in [3.8, 4) is 0 Å². The zero-order valence-corrected chi connectivity index (χ0v) is 16.4. The van der Waals surface area contributed by atoms with E-state index in [1.54, 1.807) is 6.33 Å². The zero-order valence-electron chi connectivity index (χ0n) is 14.8. The van der Waals surface area contributed by atoms with Crippen LogP contribution in [0.1, 0.15) is 31.2 Å². The lowest BCUT2D eigenvalue weighted by Crippen LogP contribution is -2.41. The molecule has 7 heteroatoms. The molecule has 4 nitrogen and oxygen atoms in total. The molecule has 1 aromatic carbocycles. The standard InChI is InChI=1S/C20H20ClFN4S/c21-15-3-1-2-4-17(15)26-12-27-19-7-13(5-6-18(19)26)10-25-11-24-16-8-14(22)9-23-20(16)25/h5-9,11,15,17H,1-4,10,12H2. The van der Waals surface area contributed by atoms with E-state index in [9.17, 15) is 4.39 Å². The smallest absolute Gasteiger partial charge is 0.160 e. The van der Waals surface area contributed by atoms with Crippen LogP contribution in [0.4, 0.5) is 10.1 Å². The summed E-state index contributed by atoms with van der Waals surface area (Å²) in [6.07, 6.45) is 7.77. The molecule has 0 amide bonds. The van der Waals surface area contributed by atoms with E-state index in [4.69, 9.17) is 11.6 Å². The minimum atomic E-state index is -0.359. The van der Waals surface area contributed by atoms with Gasteiger partial charge in [0, 0.05) is 17.0 Å². The van der Waals surface area contributed by atoms with Crippen molar-refractivity contribution in [2.75, 3.05) is 10.8 Å². The van der Waals surface area contributed by atoms with Crippen LogP contribution in [0, 0.1) is 5.82 Å². The molecule has 3 heterocycles. The Hall–Kier alpha value is -1.79. The Morgan fingerprint density at radius 2 is 2.07 bits per heavy atom. The fourth-order valence-electron chi connectivity index (χ4n) is 4.15. The van der Waals surface area contributed by atoms with Crippen LogP contribution < -0.4 is 4.90 Å². The van der Waals surface area contributed by atoms with Crippen LogP contribution in [0.15, 0.2) is 41.7 Å². The quantitative estimate of drug-likeness (QED) is 0.575. The third-order valence-corrected chi connectivity index (χ3v) is 7.07. The predicted octanol–water partition coefficient (Wildman–Crippen LogP) is 5.04. The third-order valence-electron chi connectivity index (χ3n) is 5.52. The Morgan fingerprint density at radius 3 is 2.96 bits per heavy atom. The van der Waals surface area contributed by atoms with Gasteiger partial charge in [-0.3, -0.25) is 0 Å². The van der Waals surface area contributed by atoms with Crippen LogP contribution in [-0.4, -0.2) is 31.8 Å². The Balaban J connectivity index is 1.40. The van der Waals surface area contributed by atoms with Crippen molar-refractivity contribution in [2.45, 2.75) is 48.5 Å². The maximum Gasteiger partial charge on any atom is 0.160 e. The van der Waals surface area contributed by atoms with Crippen LogP contribution in [0.2, 0.25) is 0 Å². The minimum Gasteiger partial charge on any atom is -0.357 e. The van der Waals surface area contributed by atoms with Crippen molar-refractivity contribution in [2.24, 2.45) is 0 Å². The molecule has 0 spiro atoms. The van der Waals surface area contributed by atoms with Gasteiger partial charge in [0.15, 0.2) is 5.65 Å². The van der Waals surface area contributed by atoms with E-state index in [1.165, 1.54) is 47.7 Å². The van der Waals surface area contributed by atoms with Gasteiger partial charge in [-0.05, 0) is 30.5 Å². The Bertz CT molecular complexity index is 991. The number of pyridine rings is 1. The van der Waals surface area contributed by atoms with Crippen LogP contribution in [-0.2, 0) is 6.54 Å². The van der Waals surface area contributed by atoms with Gasteiger partial charge in [-0.25, -0.2) is 14.4 Å². The van der Waals surface area contributed by atoms with Crippen molar-refractivity contribution in [3.05, 3.63) is 48.2 Å². The average Bonchev–Trinajstić information content (AvgIpc) is 3.26. The van der Waals surface area contributed by atoms with Gasteiger partial charge in [0.25, 0.3) is 0 Å². The van der Waals surface area contributed by atoms with Crippen molar-refractivity contribution >= 4 is 40.2 Å². The molecule has 2 aromatic heterocycles. The predicted molar refractivity (Wildman–Crippen MR) is 108 cm³/mol. The number of fused-ring (bicyclic) bond motifs is 2. The Labute approximate surface area is 166 Å². The number of nitrogens with zero attached hydrogens (tertiary/aromatic N) is 4. The molecule has 3 aromatic rings. The first-order valence-electron chi connectivity index (χ1n) is 9.32. The molecule has 27 heavy (non-hydrogen) atoms. The molecule has 5 rings (SSSR count). The van der Waals surface area contributed by atoms with Crippen molar-refractivity contribution in [1.82, 2.24) is 14.5 Å². The molecule has 1 aliphatic carbocycles. The largest absolute Gasteiger partial charge is 0.357 e. The monoisotopic (exact) mass is 402 g/mol. The normalized spacial score (nSPS) is 22.4. The number of imidazole rings is 1. The highest BCUT2D eigenvalue weighted by molar-refractivity contribution is 7.99. The highest BCUT2D eigenvalue weighted by Crippen LogP contribution is 2.43. The molecule has 0 N–H and O–H groups in total. The molecular weight excluding hydrogens is 383 g/mol. The molecule has 1 aliphatic heterocycles. The van der Waals surface area contributed by atoms with Crippen LogP contribution in [0.5, 0.6) is 0 Å². The van der Waals surface area contributed by atoms with E-state index in [0.717, 1.165) is 12.3 Å². The summed E-state index contributed by atoms with van der Waals surface area (Å²) in [6, 6.07) is 8.49. The fraction of sp³-hybridized carbons (Fsp3) is 0.400. The van der Waals surface area contributed by atoms with Gasteiger partial charge in [0.05, 0.1) is 36.0 Å². The third kappa shape index (κ3) is 3.19. The second-order valence-electron chi connectivity index (χ2n) is 7.28. The van der Waals surface area contributed by atoms with Crippen LogP contribution >= 0.6 is 23.4 Å². The SMILES string of the molecule is Fc1cnc2c(c1)ncn2Cc1ccc2c(c1)SCN2C1CCCCC1Cl. The van der Waals surface area contributed by atoms with Gasteiger partial charge in [-0.15, -0.1) is 23.4 Å². The molecular formula is C20H20ClFN4S. The summed E-state index contributed by atoms with van der Waals surface area (Å²) in [4.78, 5) is 12.2. The summed E-state index contributed by atoms with van der Waals surface area (Å²) in [5, 5.41) is 0.244. The van der Waals surface area contributed by atoms with Crippen molar-refractivity contribution in [3.63, 3.8) is 0 Å². The van der Waals surface area contributed by atoms with E-state index >= 15 is 0 Å². The topological polar surface area (TPSA) is 34.0 Å². The summed E-state index contributed by atoms with van der Waals surface area (Å²) in [5.74, 6) is 0.615. The molecule has 0 saturated heterocycles. The summed E-state index contributed by atoms with van der Waals surface area (Å²) < 4.78 is 15.3. The first-order chi connectivity index (χ1) is 13.2. The number of halogens is 2. The average molecular weight is 403 g/mol. The van der Waals surface area contributed by atoms with Gasteiger partial charge < -0.3 is 9.47 Å². The molecule has 140 valence electrons. The van der Waals surface area contributed by atoms with E-state index in [-0.39, 0.29) is 11.2 Å². The van der Waals surface area contributed by atoms with E-state index in [1.807, 2.05) is 16.3 Å². The second kappa shape index (κ2) is 6.99. The van der Waals surface area contributed by atoms with Crippen LogP contribution in [0.3, 0.4) is 0 Å². The van der Waals surface area contributed by atoms with E-state index < -0.39 is 0 Å². The lowest BCUT2D eigenvalue weighted by atomic mass is 9.93. The lowest BCUT2D eigenvalue weighted by Gasteiger charge is -2.36. The fourth-order valence-corrected chi connectivity index (χ4v) is 5.74. The Morgan fingerprint density at radius 1 is 1.19 bits per heavy atom. The summed E-state index contributed by atoms with van der Waals surface area (Å²) in [5.41, 5.74) is 3.79. The van der Waals surface area contributed by atoms with Gasteiger partial charge >= 0.3 is 0 Å². The first-order valence-corrected chi connectivity index (χ1v) is 10.7. The highest BCUT2D eigenvalue weighted by Gasteiger charge is 2.33. The number of rotatable bonds is 3. The number of aromatic nitrogens is 3. The second-order valence-corrected chi connectivity index (χ2v) is 8.83. The summed E-state index contributed by atoms with van der Waals surface area (Å²) >= 11 is 8.51. The van der Waals surface area contributed by atoms with Crippen LogP contribution in [0.25, 0.3) is 11.2 Å². The van der Waals surface area contributed by atoms with Gasteiger partial charge in [-0.2, -0.15) is 0 Å². The van der Waals surface area contributed by atoms with Gasteiger partial charge in [-0.1, -0.05) is 18.9 Å². The number of hydrogen-bond acceptors (Lipinski definition) is 4. The van der Waals surface area contributed by atoms with E-state index in [2.05, 4.69) is 33.1 Å². The number of benzene rings is 1. The van der Waals surface area contributed by atoms with Crippen molar-refractivity contribution < 1.29 is 4.39 Å². The molecule has 2 unspecified atom stereocenters. The number of anilines is 1. The molecule has 1 fully saturated rings. The van der Waals surface area contributed by atoms with E-state index in [0.29, 0.717) is 23.8 Å². The number of alkyl halides is 1. The lowest BCUT2D eigenvalue weighted by molar-refractivity contribution is 0.432. The maximum atomic E-state index is 13.3. The molecule has 2 atom stereocenters. The van der Waals surface area contributed by atoms with Gasteiger partial charge in [0.1, 0.15) is 11.3 Å². The van der Waals surface area contributed by atoms with Gasteiger partial charge in [0.2, 0.25) is 0 Å². The number of hydrogen-bond donors (Lipinski definition) is 0. The maximum absolute atomic E-state index is 13.3. The molecule has 2 aliphatic rings. The first kappa shape index (κ1) is 17.3. The summed E-state index contributed by atoms with van der Waals surface area (Å²) in [6.45, 7) is 0.671. The number of thioether (sulfide) groups is 1. The Kier molecular flexibility index (Phi) is 4.48. The summed E-state index contributed by atoms with van der Waals surface area (Å²) in [7, 11) is 0. The molecule has 1 saturated carbocycles.